The molecule has 0 radical (unpaired) electrons. The first-order valence-corrected chi connectivity index (χ1v) is 9.04. The molecular weight excluding hydrogens is 376 g/mol. The molecule has 150 valence electrons. The summed E-state index contributed by atoms with van der Waals surface area (Å²) in [5.74, 6) is 0.591. The minimum Gasteiger partial charge on any atom is -0.486 e. The van der Waals surface area contributed by atoms with E-state index in [4.69, 9.17) is 24.2 Å². The highest BCUT2D eigenvalue weighted by Gasteiger charge is 2.22. The van der Waals surface area contributed by atoms with E-state index in [2.05, 4.69) is 5.32 Å². The van der Waals surface area contributed by atoms with E-state index < -0.39 is 24.6 Å². The first-order chi connectivity index (χ1) is 14.0. The number of benzene rings is 2. The topological polar surface area (TPSA) is 107 Å². The normalized spacial score (nSPS) is 15.5. The standard InChI is InChI=1S/C21H20N2O6/c1-14(28-16-8-6-15(10-22)7-9-16)21(25)27-13-20(24)23-11-17-12-26-18-4-2-3-5-19(18)29-17/h2-9,14,17H,11-13H2,1H3,(H,23,24)/t14-,17-/m1/s1. The van der Waals surface area contributed by atoms with Gasteiger partial charge in [0, 0.05) is 0 Å². The maximum atomic E-state index is 12.0. The minimum absolute atomic E-state index is 0.224. The van der Waals surface area contributed by atoms with Crippen molar-refractivity contribution in [2.75, 3.05) is 19.8 Å². The molecule has 0 spiro atoms. The van der Waals surface area contributed by atoms with Gasteiger partial charge in [-0.3, -0.25) is 4.79 Å². The molecule has 1 aliphatic heterocycles. The van der Waals surface area contributed by atoms with Gasteiger partial charge in [-0.2, -0.15) is 5.26 Å². The molecule has 2 aromatic rings. The molecule has 0 bridgehead atoms. The zero-order valence-electron chi connectivity index (χ0n) is 15.8. The molecular formula is C21H20N2O6. The van der Waals surface area contributed by atoms with Crippen molar-refractivity contribution < 1.29 is 28.5 Å². The van der Waals surface area contributed by atoms with E-state index in [1.807, 2.05) is 24.3 Å². The highest BCUT2D eigenvalue weighted by atomic mass is 16.6. The lowest BCUT2D eigenvalue weighted by atomic mass is 10.2. The third-order valence-electron chi connectivity index (χ3n) is 4.07. The van der Waals surface area contributed by atoms with E-state index in [0.29, 0.717) is 29.4 Å². The van der Waals surface area contributed by atoms with Crippen molar-refractivity contribution in [3.63, 3.8) is 0 Å². The second kappa shape index (κ2) is 9.46. The summed E-state index contributed by atoms with van der Waals surface area (Å²) in [7, 11) is 0. The van der Waals surface area contributed by atoms with Gasteiger partial charge in [-0.15, -0.1) is 0 Å². The number of esters is 1. The van der Waals surface area contributed by atoms with Gasteiger partial charge in [0.25, 0.3) is 5.91 Å². The summed E-state index contributed by atoms with van der Waals surface area (Å²) in [4.78, 5) is 23.9. The number of nitriles is 1. The minimum atomic E-state index is -0.901. The molecule has 0 aromatic heterocycles. The summed E-state index contributed by atoms with van der Waals surface area (Å²) in [6, 6.07) is 15.6. The fraction of sp³-hybridized carbons (Fsp3) is 0.286. The molecule has 0 aliphatic carbocycles. The van der Waals surface area contributed by atoms with E-state index in [0.717, 1.165) is 0 Å². The highest BCUT2D eigenvalue weighted by molar-refractivity contribution is 5.82. The SMILES string of the molecule is C[C@@H](Oc1ccc(C#N)cc1)C(=O)OCC(=O)NC[C@@H]1COc2ccccc2O1. The lowest BCUT2D eigenvalue weighted by Crippen LogP contribution is -2.42. The lowest BCUT2D eigenvalue weighted by Gasteiger charge is -2.26. The Balaban J connectivity index is 1.37. The van der Waals surface area contributed by atoms with E-state index in [1.54, 1.807) is 30.3 Å². The summed E-state index contributed by atoms with van der Waals surface area (Å²) in [5, 5.41) is 11.4. The molecule has 3 rings (SSSR count). The lowest BCUT2D eigenvalue weighted by molar-refractivity contribution is -0.154. The maximum Gasteiger partial charge on any atom is 0.347 e. The molecule has 1 aliphatic rings. The number of nitrogens with zero attached hydrogens (tertiary/aromatic N) is 1. The molecule has 0 saturated heterocycles. The van der Waals surface area contributed by atoms with Gasteiger partial charge < -0.3 is 24.3 Å². The van der Waals surface area contributed by atoms with E-state index >= 15 is 0 Å². The van der Waals surface area contributed by atoms with Gasteiger partial charge in [0.05, 0.1) is 18.2 Å². The highest BCUT2D eigenvalue weighted by Crippen LogP contribution is 2.30. The number of ether oxygens (including phenoxy) is 4. The van der Waals surface area contributed by atoms with Crippen LogP contribution < -0.4 is 19.5 Å². The quantitative estimate of drug-likeness (QED) is 0.712. The predicted octanol–water partition coefficient (Wildman–Crippen LogP) is 1.82. The number of para-hydroxylation sites is 2. The number of hydrogen-bond acceptors (Lipinski definition) is 7. The van der Waals surface area contributed by atoms with Crippen LogP contribution in [0.15, 0.2) is 48.5 Å². The number of carbonyl (C=O) groups excluding carboxylic acids is 2. The van der Waals surface area contributed by atoms with Crippen LogP contribution in [-0.4, -0.2) is 43.8 Å². The monoisotopic (exact) mass is 396 g/mol. The van der Waals surface area contributed by atoms with Crippen LogP contribution >= 0.6 is 0 Å². The van der Waals surface area contributed by atoms with Crippen LogP contribution in [0.4, 0.5) is 0 Å². The van der Waals surface area contributed by atoms with Crippen LogP contribution in [0.5, 0.6) is 17.2 Å². The summed E-state index contributed by atoms with van der Waals surface area (Å²) >= 11 is 0. The number of hydrogen-bond donors (Lipinski definition) is 1. The second-order valence-electron chi connectivity index (χ2n) is 6.31. The van der Waals surface area contributed by atoms with Crippen LogP contribution in [0.2, 0.25) is 0 Å². The van der Waals surface area contributed by atoms with Crippen LogP contribution in [0.1, 0.15) is 12.5 Å². The number of carbonyl (C=O) groups is 2. The molecule has 1 heterocycles. The molecule has 8 heteroatoms. The van der Waals surface area contributed by atoms with E-state index in [9.17, 15) is 9.59 Å². The third kappa shape index (κ3) is 5.62. The van der Waals surface area contributed by atoms with Gasteiger partial charge in [-0.25, -0.2) is 4.79 Å². The van der Waals surface area contributed by atoms with Gasteiger partial charge in [0.1, 0.15) is 18.5 Å². The van der Waals surface area contributed by atoms with E-state index in [1.165, 1.54) is 6.92 Å². The van der Waals surface area contributed by atoms with Crippen LogP contribution in [-0.2, 0) is 14.3 Å². The number of amides is 1. The molecule has 2 aromatic carbocycles. The Morgan fingerprint density at radius 2 is 1.93 bits per heavy atom. The maximum absolute atomic E-state index is 12.0. The fourth-order valence-corrected chi connectivity index (χ4v) is 2.56. The summed E-state index contributed by atoms with van der Waals surface area (Å²) in [5.41, 5.74) is 0.486. The second-order valence-corrected chi connectivity index (χ2v) is 6.31. The van der Waals surface area contributed by atoms with Gasteiger partial charge in [0.2, 0.25) is 0 Å². The van der Waals surface area contributed by atoms with Crippen molar-refractivity contribution in [2.45, 2.75) is 19.1 Å². The van der Waals surface area contributed by atoms with Crippen molar-refractivity contribution >= 4 is 11.9 Å². The van der Waals surface area contributed by atoms with Crippen LogP contribution in [0.25, 0.3) is 0 Å². The zero-order valence-corrected chi connectivity index (χ0v) is 15.8. The Hall–Kier alpha value is -3.73. The van der Waals surface area contributed by atoms with Gasteiger partial charge in [0.15, 0.2) is 24.2 Å². The molecule has 29 heavy (non-hydrogen) atoms. The van der Waals surface area contributed by atoms with Crippen molar-refractivity contribution in [3.8, 4) is 23.3 Å². The molecule has 2 atom stereocenters. The van der Waals surface area contributed by atoms with Crippen molar-refractivity contribution in [1.29, 1.82) is 5.26 Å². The van der Waals surface area contributed by atoms with Gasteiger partial charge >= 0.3 is 5.97 Å². The van der Waals surface area contributed by atoms with Crippen LogP contribution in [0, 0.1) is 11.3 Å². The summed E-state index contributed by atoms with van der Waals surface area (Å²) < 4.78 is 21.7. The average Bonchev–Trinajstić information content (AvgIpc) is 2.76. The molecule has 0 fully saturated rings. The third-order valence-corrected chi connectivity index (χ3v) is 4.07. The smallest absolute Gasteiger partial charge is 0.347 e. The Bertz CT molecular complexity index is 906. The number of nitrogens with one attached hydrogen (secondary N) is 1. The first kappa shape index (κ1) is 20.0. The largest absolute Gasteiger partial charge is 0.486 e. The van der Waals surface area contributed by atoms with Crippen molar-refractivity contribution in [1.82, 2.24) is 5.32 Å². The van der Waals surface area contributed by atoms with E-state index in [-0.39, 0.29) is 12.6 Å². The summed E-state index contributed by atoms with van der Waals surface area (Å²) in [6.07, 6.45) is -1.23. The Morgan fingerprint density at radius 1 is 1.21 bits per heavy atom. The fourth-order valence-electron chi connectivity index (χ4n) is 2.56. The molecule has 0 unspecified atom stereocenters. The molecule has 0 saturated carbocycles. The average molecular weight is 396 g/mol. The zero-order chi connectivity index (χ0) is 20.6. The van der Waals surface area contributed by atoms with Crippen molar-refractivity contribution in [2.24, 2.45) is 0 Å². The van der Waals surface area contributed by atoms with Crippen molar-refractivity contribution in [3.05, 3.63) is 54.1 Å². The molecule has 1 amide bonds. The Labute approximate surface area is 167 Å². The summed E-state index contributed by atoms with van der Waals surface area (Å²) in [6.45, 7) is 1.63. The number of fused-ring (bicyclic) bond motifs is 1. The number of rotatable bonds is 7. The predicted molar refractivity (Wildman–Crippen MR) is 102 cm³/mol. The Kier molecular flexibility index (Phi) is 6.53. The molecule has 1 N–H and O–H groups in total. The van der Waals surface area contributed by atoms with Gasteiger partial charge in [-0.05, 0) is 43.3 Å². The Morgan fingerprint density at radius 3 is 2.66 bits per heavy atom. The van der Waals surface area contributed by atoms with Crippen LogP contribution in [0.3, 0.4) is 0 Å². The first-order valence-electron chi connectivity index (χ1n) is 9.04. The molecule has 8 nitrogen and oxygen atoms in total. The van der Waals surface area contributed by atoms with Gasteiger partial charge in [-0.1, -0.05) is 12.1 Å².